The molecule has 1 aliphatic heterocycles. The minimum Gasteiger partial charge on any atom is -0.373 e. The molecule has 3 atom stereocenters. The van der Waals surface area contributed by atoms with E-state index in [2.05, 4.69) is 32.3 Å². The normalized spacial score (nSPS) is 38.1. The maximum atomic E-state index is 5.70. The first kappa shape index (κ1) is 9.75. The molecule has 0 saturated carbocycles. The van der Waals surface area contributed by atoms with Crippen LogP contribution in [0.3, 0.4) is 0 Å². The molecule has 2 heteroatoms. The molecule has 0 aliphatic carbocycles. The first-order valence-electron chi connectivity index (χ1n) is 4.65. The van der Waals surface area contributed by atoms with Crippen molar-refractivity contribution in [3.05, 3.63) is 12.7 Å². The van der Waals surface area contributed by atoms with Gasteiger partial charge in [-0.3, -0.25) is 4.90 Å². The summed E-state index contributed by atoms with van der Waals surface area (Å²) in [6, 6.07) is 0.513. The second-order valence-electron chi connectivity index (χ2n) is 3.64. The number of rotatable bonds is 2. The maximum Gasteiger partial charge on any atom is 0.0703 e. The molecular formula is C10H19NO. The van der Waals surface area contributed by atoms with Crippen LogP contribution in [0.5, 0.6) is 0 Å². The topological polar surface area (TPSA) is 12.5 Å². The summed E-state index contributed by atoms with van der Waals surface area (Å²) in [5, 5.41) is 0. The van der Waals surface area contributed by atoms with Gasteiger partial charge >= 0.3 is 0 Å². The summed E-state index contributed by atoms with van der Waals surface area (Å²) in [7, 11) is 0. The molecule has 0 radical (unpaired) electrons. The molecule has 1 saturated heterocycles. The summed E-state index contributed by atoms with van der Waals surface area (Å²) < 4.78 is 5.70. The van der Waals surface area contributed by atoms with Crippen LogP contribution in [0.2, 0.25) is 0 Å². The summed E-state index contributed by atoms with van der Waals surface area (Å²) in [5.41, 5.74) is 0. The van der Waals surface area contributed by atoms with E-state index in [1.54, 1.807) is 0 Å². The molecule has 1 heterocycles. The SMILES string of the molecule is C=CCN1CC(C)OC(C)C1C. The Morgan fingerprint density at radius 2 is 2.17 bits per heavy atom. The van der Waals surface area contributed by atoms with E-state index in [4.69, 9.17) is 4.74 Å². The van der Waals surface area contributed by atoms with Gasteiger partial charge in [-0.05, 0) is 20.8 Å². The van der Waals surface area contributed by atoms with Crippen LogP contribution in [0.4, 0.5) is 0 Å². The molecule has 0 aromatic rings. The van der Waals surface area contributed by atoms with Crippen LogP contribution in [0.15, 0.2) is 12.7 Å². The highest BCUT2D eigenvalue weighted by molar-refractivity contribution is 4.85. The molecule has 70 valence electrons. The van der Waals surface area contributed by atoms with Crippen molar-refractivity contribution < 1.29 is 4.74 Å². The number of ether oxygens (including phenoxy) is 1. The van der Waals surface area contributed by atoms with Crippen LogP contribution in [-0.4, -0.2) is 36.2 Å². The Kier molecular flexibility index (Phi) is 3.29. The molecule has 0 aromatic carbocycles. The van der Waals surface area contributed by atoms with Gasteiger partial charge in [0.1, 0.15) is 0 Å². The number of nitrogens with zero attached hydrogens (tertiary/aromatic N) is 1. The Hall–Kier alpha value is -0.340. The van der Waals surface area contributed by atoms with Gasteiger partial charge in [0.2, 0.25) is 0 Å². The number of morpholine rings is 1. The highest BCUT2D eigenvalue weighted by Crippen LogP contribution is 2.16. The largest absolute Gasteiger partial charge is 0.373 e. The minimum atomic E-state index is 0.341. The van der Waals surface area contributed by atoms with Gasteiger partial charge in [-0.1, -0.05) is 6.08 Å². The molecule has 0 bridgehead atoms. The van der Waals surface area contributed by atoms with Crippen LogP contribution in [0.1, 0.15) is 20.8 Å². The fourth-order valence-corrected chi connectivity index (χ4v) is 1.72. The fraction of sp³-hybridized carbons (Fsp3) is 0.800. The molecule has 2 nitrogen and oxygen atoms in total. The van der Waals surface area contributed by atoms with Crippen LogP contribution < -0.4 is 0 Å². The van der Waals surface area contributed by atoms with E-state index in [0.29, 0.717) is 18.2 Å². The highest BCUT2D eigenvalue weighted by Gasteiger charge is 2.28. The van der Waals surface area contributed by atoms with E-state index in [1.807, 2.05) is 6.08 Å². The minimum absolute atomic E-state index is 0.341. The molecule has 3 unspecified atom stereocenters. The van der Waals surface area contributed by atoms with Crippen LogP contribution in [0.25, 0.3) is 0 Å². The molecule has 0 aromatic heterocycles. The fourth-order valence-electron chi connectivity index (χ4n) is 1.72. The smallest absolute Gasteiger partial charge is 0.0703 e. The molecule has 12 heavy (non-hydrogen) atoms. The van der Waals surface area contributed by atoms with E-state index in [1.165, 1.54) is 0 Å². The average molecular weight is 169 g/mol. The first-order chi connectivity index (χ1) is 5.65. The lowest BCUT2D eigenvalue weighted by Crippen LogP contribution is -2.51. The van der Waals surface area contributed by atoms with Crippen molar-refractivity contribution in [1.29, 1.82) is 0 Å². The standard InChI is InChI=1S/C10H19NO/c1-5-6-11-7-8(2)12-10(4)9(11)3/h5,8-10H,1,6-7H2,2-4H3. The third-order valence-electron chi connectivity index (χ3n) is 2.56. The van der Waals surface area contributed by atoms with Gasteiger partial charge in [-0.15, -0.1) is 6.58 Å². The van der Waals surface area contributed by atoms with Crippen molar-refractivity contribution in [2.75, 3.05) is 13.1 Å². The lowest BCUT2D eigenvalue weighted by molar-refractivity contribution is -0.0953. The van der Waals surface area contributed by atoms with Gasteiger partial charge in [-0.2, -0.15) is 0 Å². The summed E-state index contributed by atoms with van der Waals surface area (Å²) in [6.45, 7) is 12.2. The lowest BCUT2D eigenvalue weighted by atomic mass is 10.1. The molecule has 0 N–H and O–H groups in total. The average Bonchev–Trinajstić information content (AvgIpc) is 2.00. The second kappa shape index (κ2) is 4.06. The van der Waals surface area contributed by atoms with E-state index < -0.39 is 0 Å². The Morgan fingerprint density at radius 1 is 1.50 bits per heavy atom. The van der Waals surface area contributed by atoms with Crippen molar-refractivity contribution in [3.63, 3.8) is 0 Å². The van der Waals surface area contributed by atoms with Crippen molar-refractivity contribution in [2.24, 2.45) is 0 Å². The zero-order chi connectivity index (χ0) is 9.14. The van der Waals surface area contributed by atoms with Crippen molar-refractivity contribution >= 4 is 0 Å². The first-order valence-corrected chi connectivity index (χ1v) is 4.65. The Morgan fingerprint density at radius 3 is 2.75 bits per heavy atom. The molecular weight excluding hydrogens is 150 g/mol. The second-order valence-corrected chi connectivity index (χ2v) is 3.64. The van der Waals surface area contributed by atoms with Gasteiger partial charge in [0.15, 0.2) is 0 Å². The Labute approximate surface area is 75.2 Å². The highest BCUT2D eigenvalue weighted by atomic mass is 16.5. The van der Waals surface area contributed by atoms with E-state index in [-0.39, 0.29) is 0 Å². The van der Waals surface area contributed by atoms with E-state index in [9.17, 15) is 0 Å². The van der Waals surface area contributed by atoms with Crippen molar-refractivity contribution in [2.45, 2.75) is 39.0 Å². The van der Waals surface area contributed by atoms with Crippen LogP contribution >= 0.6 is 0 Å². The summed E-state index contributed by atoms with van der Waals surface area (Å²) in [6.07, 6.45) is 2.66. The maximum absolute atomic E-state index is 5.70. The lowest BCUT2D eigenvalue weighted by Gasteiger charge is -2.40. The molecule has 1 rings (SSSR count). The monoisotopic (exact) mass is 169 g/mol. The van der Waals surface area contributed by atoms with Crippen LogP contribution in [0, 0.1) is 0 Å². The van der Waals surface area contributed by atoms with Crippen molar-refractivity contribution in [3.8, 4) is 0 Å². The number of hydrogen-bond donors (Lipinski definition) is 0. The zero-order valence-corrected chi connectivity index (χ0v) is 8.29. The third-order valence-corrected chi connectivity index (χ3v) is 2.56. The van der Waals surface area contributed by atoms with E-state index >= 15 is 0 Å². The summed E-state index contributed by atoms with van der Waals surface area (Å²) in [5.74, 6) is 0. The summed E-state index contributed by atoms with van der Waals surface area (Å²) in [4.78, 5) is 2.41. The molecule has 1 fully saturated rings. The third kappa shape index (κ3) is 2.08. The van der Waals surface area contributed by atoms with Gasteiger partial charge in [-0.25, -0.2) is 0 Å². The molecule has 0 spiro atoms. The number of hydrogen-bond acceptors (Lipinski definition) is 2. The van der Waals surface area contributed by atoms with Crippen LogP contribution in [-0.2, 0) is 4.74 Å². The van der Waals surface area contributed by atoms with E-state index in [0.717, 1.165) is 13.1 Å². The van der Waals surface area contributed by atoms with Gasteiger partial charge in [0, 0.05) is 19.1 Å². The molecule has 1 aliphatic rings. The summed E-state index contributed by atoms with van der Waals surface area (Å²) >= 11 is 0. The predicted octanol–water partition coefficient (Wildman–Crippen LogP) is 1.67. The zero-order valence-electron chi connectivity index (χ0n) is 8.29. The molecule has 0 amide bonds. The van der Waals surface area contributed by atoms with Crippen molar-refractivity contribution in [1.82, 2.24) is 4.90 Å². The predicted molar refractivity (Wildman–Crippen MR) is 51.2 cm³/mol. The quantitative estimate of drug-likeness (QED) is 0.583. The van der Waals surface area contributed by atoms with Gasteiger partial charge in [0.05, 0.1) is 12.2 Å². The Balaban J connectivity index is 2.53. The van der Waals surface area contributed by atoms with Gasteiger partial charge < -0.3 is 4.74 Å². The van der Waals surface area contributed by atoms with Gasteiger partial charge in [0.25, 0.3) is 0 Å². The Bertz CT molecular complexity index is 158.